The summed E-state index contributed by atoms with van der Waals surface area (Å²) in [5, 5.41) is 11.9. The Morgan fingerprint density at radius 1 is 1.15 bits per heavy atom. The van der Waals surface area contributed by atoms with Gasteiger partial charge in [-0.25, -0.2) is 4.79 Å². The van der Waals surface area contributed by atoms with Crippen molar-refractivity contribution in [3.8, 4) is 16.9 Å². The van der Waals surface area contributed by atoms with E-state index in [1.807, 2.05) is 49.4 Å². The average molecular weight is 373 g/mol. The van der Waals surface area contributed by atoms with Crippen molar-refractivity contribution in [3.63, 3.8) is 0 Å². The predicted molar refractivity (Wildman–Crippen MR) is 105 cm³/mol. The van der Waals surface area contributed by atoms with Crippen molar-refractivity contribution in [2.75, 3.05) is 12.4 Å². The molecule has 0 saturated carbocycles. The molecule has 0 aromatic heterocycles. The van der Waals surface area contributed by atoms with Gasteiger partial charge in [0.05, 0.1) is 12.2 Å². The van der Waals surface area contributed by atoms with Crippen molar-refractivity contribution in [1.29, 1.82) is 0 Å². The normalized spacial score (nSPS) is 11.6. The third kappa shape index (κ3) is 5.02. The Morgan fingerprint density at radius 3 is 2.50 bits per heavy atom. The molecule has 0 bridgehead atoms. The van der Waals surface area contributed by atoms with Crippen molar-refractivity contribution < 1.29 is 19.4 Å². The summed E-state index contributed by atoms with van der Waals surface area (Å²) in [6.45, 7) is 2.45. The van der Waals surface area contributed by atoms with Crippen molar-refractivity contribution >= 4 is 24.5 Å². The van der Waals surface area contributed by atoms with Crippen LogP contribution >= 0.6 is 12.6 Å². The molecule has 0 aliphatic rings. The van der Waals surface area contributed by atoms with Gasteiger partial charge in [0.1, 0.15) is 11.8 Å². The molecule has 0 radical (unpaired) electrons. The SMILES string of the molecule is CCCOc1cccc(-c2ccccc2)c1C(=O)N[C@@H](CCS)C(=O)O. The van der Waals surface area contributed by atoms with Crippen LogP contribution in [-0.4, -0.2) is 35.4 Å². The summed E-state index contributed by atoms with van der Waals surface area (Å²) in [5.74, 6) is -0.748. The summed E-state index contributed by atoms with van der Waals surface area (Å²) in [6, 6.07) is 13.9. The van der Waals surface area contributed by atoms with Gasteiger partial charge in [-0.1, -0.05) is 49.4 Å². The summed E-state index contributed by atoms with van der Waals surface area (Å²) < 4.78 is 5.75. The summed E-state index contributed by atoms with van der Waals surface area (Å²) >= 11 is 4.07. The standard InChI is InChI=1S/C20H23NO4S/c1-2-12-25-17-10-6-9-15(14-7-4-3-5-8-14)18(17)19(22)21-16(11-13-26)20(23)24/h3-10,16,26H,2,11-13H2,1H3,(H,21,22)(H,23,24)/t16-/m0/s1. The molecule has 5 nitrogen and oxygen atoms in total. The molecule has 0 aliphatic heterocycles. The number of hydrogen-bond donors (Lipinski definition) is 3. The van der Waals surface area contributed by atoms with E-state index in [4.69, 9.17) is 4.74 Å². The zero-order valence-corrected chi connectivity index (χ0v) is 15.5. The molecular weight excluding hydrogens is 350 g/mol. The number of nitrogens with one attached hydrogen (secondary N) is 1. The Balaban J connectivity index is 2.45. The largest absolute Gasteiger partial charge is 0.493 e. The van der Waals surface area contributed by atoms with Gasteiger partial charge in [-0.05, 0) is 35.8 Å². The van der Waals surface area contributed by atoms with Crippen molar-refractivity contribution in [2.45, 2.75) is 25.8 Å². The van der Waals surface area contributed by atoms with E-state index in [0.717, 1.165) is 12.0 Å². The van der Waals surface area contributed by atoms with E-state index in [9.17, 15) is 14.7 Å². The maximum Gasteiger partial charge on any atom is 0.326 e. The zero-order chi connectivity index (χ0) is 18.9. The minimum Gasteiger partial charge on any atom is -0.493 e. The number of carbonyl (C=O) groups excluding carboxylic acids is 1. The number of hydrogen-bond acceptors (Lipinski definition) is 4. The number of benzene rings is 2. The highest BCUT2D eigenvalue weighted by molar-refractivity contribution is 7.80. The quantitative estimate of drug-likeness (QED) is 0.587. The van der Waals surface area contributed by atoms with E-state index in [2.05, 4.69) is 17.9 Å². The molecule has 0 aliphatic carbocycles. The fourth-order valence-electron chi connectivity index (χ4n) is 2.57. The number of carboxylic acid groups (broad SMARTS) is 1. The lowest BCUT2D eigenvalue weighted by Crippen LogP contribution is -2.41. The minimum atomic E-state index is -1.08. The van der Waals surface area contributed by atoms with Crippen molar-refractivity contribution in [1.82, 2.24) is 5.32 Å². The van der Waals surface area contributed by atoms with Crippen LogP contribution in [0.1, 0.15) is 30.1 Å². The van der Waals surface area contributed by atoms with Crippen LogP contribution in [0.3, 0.4) is 0 Å². The van der Waals surface area contributed by atoms with E-state index in [-0.39, 0.29) is 6.42 Å². The molecule has 0 heterocycles. The number of ether oxygens (including phenoxy) is 1. The lowest BCUT2D eigenvalue weighted by Gasteiger charge is -2.18. The molecular formula is C20H23NO4S. The fraction of sp³-hybridized carbons (Fsp3) is 0.300. The monoisotopic (exact) mass is 373 g/mol. The van der Waals surface area contributed by atoms with Crippen LogP contribution in [0.2, 0.25) is 0 Å². The highest BCUT2D eigenvalue weighted by Crippen LogP contribution is 2.31. The number of carboxylic acids is 1. The second-order valence-corrected chi connectivity index (χ2v) is 6.22. The Bertz CT molecular complexity index is 749. The molecule has 1 atom stereocenters. The van der Waals surface area contributed by atoms with Gasteiger partial charge in [0.15, 0.2) is 0 Å². The first-order valence-corrected chi connectivity index (χ1v) is 9.17. The lowest BCUT2D eigenvalue weighted by molar-refractivity contribution is -0.139. The molecule has 2 N–H and O–H groups in total. The molecule has 0 saturated heterocycles. The summed E-state index contributed by atoms with van der Waals surface area (Å²) in [5.41, 5.74) is 1.91. The van der Waals surface area contributed by atoms with Gasteiger partial charge in [0.2, 0.25) is 0 Å². The van der Waals surface area contributed by atoms with E-state index in [1.54, 1.807) is 6.07 Å². The third-order valence-electron chi connectivity index (χ3n) is 3.82. The summed E-state index contributed by atoms with van der Waals surface area (Å²) in [7, 11) is 0. The molecule has 0 unspecified atom stereocenters. The van der Waals surface area contributed by atoms with Gasteiger partial charge >= 0.3 is 5.97 Å². The predicted octanol–water partition coefficient (Wildman–Crippen LogP) is 3.65. The smallest absolute Gasteiger partial charge is 0.326 e. The number of rotatable bonds is 9. The number of thiol groups is 1. The van der Waals surface area contributed by atoms with E-state index >= 15 is 0 Å². The Morgan fingerprint density at radius 2 is 1.88 bits per heavy atom. The van der Waals surface area contributed by atoms with E-state index in [1.165, 1.54) is 0 Å². The fourth-order valence-corrected chi connectivity index (χ4v) is 2.83. The van der Waals surface area contributed by atoms with Gasteiger partial charge < -0.3 is 15.2 Å². The molecule has 2 aromatic carbocycles. The molecule has 2 rings (SSSR count). The lowest BCUT2D eigenvalue weighted by atomic mass is 9.98. The molecule has 26 heavy (non-hydrogen) atoms. The average Bonchev–Trinajstić information content (AvgIpc) is 2.66. The molecule has 0 fully saturated rings. The van der Waals surface area contributed by atoms with Crippen LogP contribution in [0.25, 0.3) is 11.1 Å². The highest BCUT2D eigenvalue weighted by atomic mass is 32.1. The summed E-state index contributed by atoms with van der Waals surface area (Å²) in [4.78, 5) is 24.3. The van der Waals surface area contributed by atoms with Gasteiger partial charge in [-0.15, -0.1) is 0 Å². The number of amides is 1. The molecule has 6 heteroatoms. The van der Waals surface area contributed by atoms with Gasteiger partial charge in [-0.3, -0.25) is 4.79 Å². The maximum atomic E-state index is 12.9. The Hall–Kier alpha value is -2.47. The Kier molecular flexibility index (Phi) is 7.53. The van der Waals surface area contributed by atoms with Gasteiger partial charge in [0, 0.05) is 0 Å². The second-order valence-electron chi connectivity index (χ2n) is 5.77. The number of carbonyl (C=O) groups is 2. The minimum absolute atomic E-state index is 0.239. The topological polar surface area (TPSA) is 75.6 Å². The van der Waals surface area contributed by atoms with Crippen LogP contribution in [0.5, 0.6) is 5.75 Å². The van der Waals surface area contributed by atoms with Crippen LogP contribution in [0, 0.1) is 0 Å². The van der Waals surface area contributed by atoms with E-state index in [0.29, 0.717) is 29.2 Å². The molecule has 2 aromatic rings. The second kappa shape index (κ2) is 9.87. The molecule has 1 amide bonds. The van der Waals surface area contributed by atoms with Gasteiger partial charge in [0.25, 0.3) is 5.91 Å². The molecule has 0 spiro atoms. The highest BCUT2D eigenvalue weighted by Gasteiger charge is 2.24. The van der Waals surface area contributed by atoms with Crippen LogP contribution in [0.15, 0.2) is 48.5 Å². The molecule has 138 valence electrons. The Labute approximate surface area is 158 Å². The zero-order valence-electron chi connectivity index (χ0n) is 14.6. The van der Waals surface area contributed by atoms with Crippen molar-refractivity contribution in [3.05, 3.63) is 54.1 Å². The first-order valence-electron chi connectivity index (χ1n) is 8.54. The first-order chi connectivity index (χ1) is 12.6. The summed E-state index contributed by atoms with van der Waals surface area (Å²) in [6.07, 6.45) is 1.04. The number of aliphatic carboxylic acids is 1. The van der Waals surface area contributed by atoms with Crippen LogP contribution in [-0.2, 0) is 4.79 Å². The van der Waals surface area contributed by atoms with E-state index < -0.39 is 17.9 Å². The maximum absolute atomic E-state index is 12.9. The third-order valence-corrected chi connectivity index (χ3v) is 4.08. The van der Waals surface area contributed by atoms with Crippen molar-refractivity contribution in [2.24, 2.45) is 0 Å². The van der Waals surface area contributed by atoms with Crippen LogP contribution < -0.4 is 10.1 Å². The van der Waals surface area contributed by atoms with Gasteiger partial charge in [-0.2, -0.15) is 12.6 Å². The first kappa shape index (κ1) is 19.8. The van der Waals surface area contributed by atoms with Crippen LogP contribution in [0.4, 0.5) is 0 Å².